The Morgan fingerprint density at radius 2 is 2.19 bits per heavy atom. The van der Waals surface area contributed by atoms with Gasteiger partial charge >= 0.3 is 13.5 Å². The van der Waals surface area contributed by atoms with Crippen molar-refractivity contribution in [2.75, 3.05) is 13.2 Å². The topological polar surface area (TPSA) is 129 Å². The second kappa shape index (κ2) is 8.83. The van der Waals surface area contributed by atoms with Crippen LogP contribution in [0.1, 0.15) is 31.2 Å². The van der Waals surface area contributed by atoms with Crippen molar-refractivity contribution in [1.82, 2.24) is 9.55 Å². The molecule has 13 heteroatoms. The molecule has 0 amide bonds. The number of aliphatic hydroxyl groups excluding tert-OH is 1. The minimum Gasteiger partial charge on any atom is -0.387 e. The Balaban J connectivity index is 1.46. The van der Waals surface area contributed by atoms with Crippen LogP contribution in [0.4, 0.5) is 4.39 Å². The average Bonchev–Trinajstić information content (AvgIpc) is 2.96. The van der Waals surface area contributed by atoms with Crippen LogP contribution in [0.25, 0.3) is 0 Å². The Morgan fingerprint density at radius 3 is 2.91 bits per heavy atom. The van der Waals surface area contributed by atoms with Crippen molar-refractivity contribution in [3.05, 3.63) is 68.0 Å². The normalized spacial score (nSPS) is 35.1. The van der Waals surface area contributed by atoms with Crippen LogP contribution in [-0.2, 0) is 22.9 Å². The van der Waals surface area contributed by atoms with Gasteiger partial charge in [-0.05, 0) is 24.6 Å². The molecule has 1 aromatic carbocycles. The largest absolute Gasteiger partial charge is 0.475 e. The van der Waals surface area contributed by atoms with Gasteiger partial charge in [-0.2, -0.15) is 0 Å². The molecule has 0 spiro atoms. The summed E-state index contributed by atoms with van der Waals surface area (Å²) in [5.41, 5.74) is -3.29. The highest BCUT2D eigenvalue weighted by molar-refractivity contribution is 7.48. The lowest BCUT2D eigenvalue weighted by Gasteiger charge is -2.30. The highest BCUT2D eigenvalue weighted by Crippen LogP contribution is 2.57. The molecule has 1 unspecified atom stereocenters. The van der Waals surface area contributed by atoms with E-state index in [4.69, 9.17) is 29.9 Å². The molecule has 4 rings (SSSR count). The van der Waals surface area contributed by atoms with E-state index in [9.17, 15) is 19.3 Å². The third kappa shape index (κ3) is 4.60. The van der Waals surface area contributed by atoms with E-state index < -0.39 is 55.9 Å². The smallest absolute Gasteiger partial charge is 0.387 e. The van der Waals surface area contributed by atoms with Crippen molar-refractivity contribution in [2.45, 2.75) is 43.6 Å². The number of nitrogens with zero attached hydrogens (tertiary/aromatic N) is 1. The summed E-state index contributed by atoms with van der Waals surface area (Å²) < 4.78 is 50.5. The third-order valence-electron chi connectivity index (χ3n) is 5.32. The number of alkyl halides is 1. The van der Waals surface area contributed by atoms with Gasteiger partial charge in [-0.1, -0.05) is 23.7 Å². The zero-order chi connectivity index (χ0) is 23.1. The van der Waals surface area contributed by atoms with Gasteiger partial charge in [0.05, 0.1) is 19.3 Å². The minimum atomic E-state index is -4.05. The van der Waals surface area contributed by atoms with E-state index in [1.807, 2.05) is 4.98 Å². The summed E-state index contributed by atoms with van der Waals surface area (Å²) in [6, 6.07) is 7.88. The maximum absolute atomic E-state index is 15.2. The summed E-state index contributed by atoms with van der Waals surface area (Å²) in [4.78, 5) is 25.3. The number of aromatic nitrogens is 2. The number of halogens is 2. The average molecular weight is 491 g/mol. The predicted molar refractivity (Wildman–Crippen MR) is 110 cm³/mol. The summed E-state index contributed by atoms with van der Waals surface area (Å²) in [7, 11) is -4.05. The molecule has 32 heavy (non-hydrogen) atoms. The number of phosphoric acid groups is 1. The lowest BCUT2D eigenvalue weighted by molar-refractivity contribution is -0.0654. The molecule has 2 aliphatic rings. The fourth-order valence-corrected chi connectivity index (χ4v) is 5.23. The second-order valence-corrected chi connectivity index (χ2v) is 9.71. The summed E-state index contributed by atoms with van der Waals surface area (Å²) in [5, 5.41) is 10.9. The highest BCUT2D eigenvalue weighted by Gasteiger charge is 2.56. The lowest BCUT2D eigenvalue weighted by atomic mass is 9.98. The first-order valence-corrected chi connectivity index (χ1v) is 11.6. The predicted octanol–water partition coefficient (Wildman–Crippen LogP) is 2.48. The van der Waals surface area contributed by atoms with Gasteiger partial charge in [-0.15, -0.1) is 0 Å². The summed E-state index contributed by atoms with van der Waals surface area (Å²) >= 11 is 6.00. The van der Waals surface area contributed by atoms with E-state index in [0.717, 1.165) is 23.8 Å². The van der Waals surface area contributed by atoms with E-state index in [1.165, 1.54) is 0 Å². The molecule has 2 fully saturated rings. The maximum Gasteiger partial charge on any atom is 0.475 e. The van der Waals surface area contributed by atoms with E-state index in [0.29, 0.717) is 17.0 Å². The van der Waals surface area contributed by atoms with E-state index in [-0.39, 0.29) is 6.61 Å². The Hall–Kier alpha value is -1.85. The fraction of sp³-hybridized carbons (Fsp3) is 0.474. The van der Waals surface area contributed by atoms with Gasteiger partial charge in [0.15, 0.2) is 11.9 Å². The molecule has 2 saturated heterocycles. The number of aliphatic hydroxyl groups is 1. The molecule has 2 N–H and O–H groups in total. The van der Waals surface area contributed by atoms with Crippen LogP contribution in [-0.4, -0.2) is 45.7 Å². The van der Waals surface area contributed by atoms with Crippen molar-refractivity contribution in [3.63, 3.8) is 0 Å². The molecular weight excluding hydrogens is 470 g/mol. The Labute approximate surface area is 186 Å². The summed E-state index contributed by atoms with van der Waals surface area (Å²) in [5.74, 6) is 0. The van der Waals surface area contributed by atoms with E-state index in [1.54, 1.807) is 24.3 Å². The van der Waals surface area contributed by atoms with E-state index in [2.05, 4.69) is 0 Å². The van der Waals surface area contributed by atoms with E-state index >= 15 is 4.39 Å². The Kier molecular flexibility index (Phi) is 6.43. The second-order valence-electron chi connectivity index (χ2n) is 7.65. The molecule has 2 aliphatic heterocycles. The number of H-pyrrole nitrogens is 1. The molecule has 0 aliphatic carbocycles. The highest BCUT2D eigenvalue weighted by atomic mass is 35.5. The number of benzene rings is 1. The molecular formula is C19H21ClFN2O8P. The van der Waals surface area contributed by atoms with Crippen LogP contribution in [0.3, 0.4) is 0 Å². The van der Waals surface area contributed by atoms with Crippen LogP contribution in [0.2, 0.25) is 5.02 Å². The van der Waals surface area contributed by atoms with Crippen LogP contribution >= 0.6 is 19.4 Å². The number of aromatic amines is 1. The van der Waals surface area contributed by atoms with Gasteiger partial charge in [0.2, 0.25) is 0 Å². The number of hydrogen-bond donors (Lipinski definition) is 2. The maximum atomic E-state index is 15.2. The quantitative estimate of drug-likeness (QED) is 0.612. The zero-order valence-electron chi connectivity index (χ0n) is 16.9. The number of phosphoric ester groups is 1. The number of ether oxygens (including phenoxy) is 1. The lowest BCUT2D eigenvalue weighted by Crippen LogP contribution is -2.43. The molecule has 6 atom stereocenters. The first kappa shape index (κ1) is 23.3. The van der Waals surface area contributed by atoms with Gasteiger partial charge in [-0.25, -0.2) is 13.8 Å². The van der Waals surface area contributed by atoms with Crippen LogP contribution in [0, 0.1) is 0 Å². The van der Waals surface area contributed by atoms with Gasteiger partial charge in [0, 0.05) is 23.7 Å². The molecule has 2 aromatic rings. The van der Waals surface area contributed by atoms with Gasteiger partial charge in [-0.3, -0.25) is 27.9 Å². The number of rotatable bonds is 5. The molecule has 0 bridgehead atoms. The number of nitrogens with one attached hydrogen (secondary N) is 1. The van der Waals surface area contributed by atoms with Gasteiger partial charge < -0.3 is 9.84 Å². The first-order valence-electron chi connectivity index (χ1n) is 9.76. The molecule has 1 aromatic heterocycles. The SMILES string of the molecule is C[C@@]1(F)[C@H](O)C(CO[P@]2(=O)OCC[C@H](c3cccc(Cl)c3)O2)O[C@H]1n1ccc(=O)[nH]c1=O. The van der Waals surface area contributed by atoms with Gasteiger partial charge in [0.25, 0.3) is 5.56 Å². The minimum absolute atomic E-state index is 0.0821. The molecule has 0 saturated carbocycles. The summed E-state index contributed by atoms with van der Waals surface area (Å²) in [6.45, 7) is 0.596. The number of hydrogen-bond acceptors (Lipinski definition) is 8. The van der Waals surface area contributed by atoms with Crippen LogP contribution < -0.4 is 11.2 Å². The van der Waals surface area contributed by atoms with Gasteiger partial charge in [0.1, 0.15) is 12.2 Å². The Bertz CT molecular complexity index is 1150. The molecule has 10 nitrogen and oxygen atoms in total. The summed E-state index contributed by atoms with van der Waals surface area (Å²) in [6.07, 6.45) is -3.70. The first-order chi connectivity index (χ1) is 15.1. The van der Waals surface area contributed by atoms with Crippen LogP contribution in [0.5, 0.6) is 0 Å². The van der Waals surface area contributed by atoms with Crippen molar-refractivity contribution in [3.8, 4) is 0 Å². The standard InChI is InChI=1S/C19H21ClFN2O8P/c1-19(21)16(25)14(30-17(19)23-7-5-15(24)22-18(23)26)10-29-32(27)28-8-6-13(31-32)11-3-2-4-12(20)9-11/h2-5,7,9,13-14,16-17,25H,6,8,10H2,1H3,(H,22,24,26)/t13-,14?,16-,17-,19-,32+/m1/s1. The van der Waals surface area contributed by atoms with Crippen molar-refractivity contribution in [1.29, 1.82) is 0 Å². The van der Waals surface area contributed by atoms with Crippen molar-refractivity contribution in [2.24, 2.45) is 0 Å². The van der Waals surface area contributed by atoms with Crippen LogP contribution in [0.15, 0.2) is 46.1 Å². The Morgan fingerprint density at radius 1 is 1.41 bits per heavy atom. The fourth-order valence-electron chi connectivity index (χ4n) is 3.64. The van der Waals surface area contributed by atoms with Crippen molar-refractivity contribution < 1.29 is 32.4 Å². The van der Waals surface area contributed by atoms with Crippen molar-refractivity contribution >= 4 is 19.4 Å². The molecule has 3 heterocycles. The monoisotopic (exact) mass is 490 g/mol. The molecule has 174 valence electrons. The zero-order valence-corrected chi connectivity index (χ0v) is 18.5. The third-order valence-corrected chi connectivity index (χ3v) is 7.04. The molecule has 0 radical (unpaired) electrons.